The molecule has 110 valence electrons. The standard InChI is InChI=1S/C15H16N2O2S2/c1-17(13-5-3-2-4-6-13)21(18,19)14-9-7-12(8-10-14)11-15(16)20/h2-10H,11H2,1H3,(H2,16,20). The van der Waals surface area contributed by atoms with Gasteiger partial charge < -0.3 is 5.73 Å². The summed E-state index contributed by atoms with van der Waals surface area (Å²) < 4.78 is 26.3. The fourth-order valence-corrected chi connectivity index (χ4v) is 3.28. The Balaban J connectivity index is 2.29. The number of anilines is 1. The Morgan fingerprint density at radius 1 is 1.10 bits per heavy atom. The van der Waals surface area contributed by atoms with Gasteiger partial charge in [0, 0.05) is 13.5 Å². The summed E-state index contributed by atoms with van der Waals surface area (Å²) in [6, 6.07) is 15.5. The normalized spacial score (nSPS) is 11.1. The molecule has 0 radical (unpaired) electrons. The predicted octanol–water partition coefficient (Wildman–Crippen LogP) is 2.34. The van der Waals surface area contributed by atoms with Crippen molar-refractivity contribution in [2.75, 3.05) is 11.4 Å². The molecule has 2 aromatic carbocycles. The van der Waals surface area contributed by atoms with Gasteiger partial charge in [-0.05, 0) is 29.8 Å². The summed E-state index contributed by atoms with van der Waals surface area (Å²) in [4.78, 5) is 0.618. The summed E-state index contributed by atoms with van der Waals surface area (Å²) in [6.45, 7) is 0. The number of nitrogens with two attached hydrogens (primary N) is 1. The molecule has 0 heterocycles. The lowest BCUT2D eigenvalue weighted by Crippen LogP contribution is -2.26. The third kappa shape index (κ3) is 3.59. The van der Waals surface area contributed by atoms with E-state index in [1.807, 2.05) is 6.07 Å². The maximum atomic E-state index is 12.5. The second-order valence-corrected chi connectivity index (χ2v) is 7.09. The van der Waals surface area contributed by atoms with Gasteiger partial charge in [0.2, 0.25) is 0 Å². The molecule has 6 heteroatoms. The average Bonchev–Trinajstić information content (AvgIpc) is 2.47. The van der Waals surface area contributed by atoms with Crippen molar-refractivity contribution in [1.82, 2.24) is 0 Å². The van der Waals surface area contributed by atoms with Crippen molar-refractivity contribution in [3.63, 3.8) is 0 Å². The van der Waals surface area contributed by atoms with E-state index in [9.17, 15) is 8.42 Å². The molecule has 0 aliphatic carbocycles. The molecule has 0 aromatic heterocycles. The van der Waals surface area contributed by atoms with Crippen LogP contribution >= 0.6 is 12.2 Å². The van der Waals surface area contributed by atoms with Crippen LogP contribution in [0.15, 0.2) is 59.5 Å². The van der Waals surface area contributed by atoms with Crippen LogP contribution in [-0.2, 0) is 16.4 Å². The maximum Gasteiger partial charge on any atom is 0.264 e. The summed E-state index contributed by atoms with van der Waals surface area (Å²) in [5.74, 6) is 0. The summed E-state index contributed by atoms with van der Waals surface area (Å²) in [5, 5.41) is 0. The molecule has 0 spiro atoms. The van der Waals surface area contributed by atoms with Crippen LogP contribution in [-0.4, -0.2) is 20.5 Å². The van der Waals surface area contributed by atoms with Gasteiger partial charge in [0.25, 0.3) is 10.0 Å². The highest BCUT2D eigenvalue weighted by Crippen LogP contribution is 2.21. The molecule has 2 aromatic rings. The summed E-state index contributed by atoms with van der Waals surface area (Å²) in [5.41, 5.74) is 6.99. The SMILES string of the molecule is CN(c1ccccc1)S(=O)(=O)c1ccc(CC(N)=S)cc1. The van der Waals surface area contributed by atoms with Gasteiger partial charge in [-0.3, -0.25) is 4.31 Å². The van der Waals surface area contributed by atoms with Crippen molar-refractivity contribution < 1.29 is 8.42 Å². The summed E-state index contributed by atoms with van der Waals surface area (Å²) in [6.07, 6.45) is 0.462. The zero-order valence-electron chi connectivity index (χ0n) is 11.6. The zero-order chi connectivity index (χ0) is 15.5. The average molecular weight is 320 g/mol. The van der Waals surface area contributed by atoms with Gasteiger partial charge in [0.1, 0.15) is 0 Å². The molecule has 2 rings (SSSR count). The summed E-state index contributed by atoms with van der Waals surface area (Å²) in [7, 11) is -2.03. The van der Waals surface area contributed by atoms with E-state index in [1.54, 1.807) is 48.5 Å². The molecule has 0 bridgehead atoms. The fraction of sp³-hybridized carbons (Fsp3) is 0.133. The lowest BCUT2D eigenvalue weighted by atomic mass is 10.1. The zero-order valence-corrected chi connectivity index (χ0v) is 13.2. The fourth-order valence-electron chi connectivity index (χ4n) is 1.92. The number of benzene rings is 2. The van der Waals surface area contributed by atoms with Crippen LogP contribution in [0.1, 0.15) is 5.56 Å². The highest BCUT2D eigenvalue weighted by molar-refractivity contribution is 7.92. The number of rotatable bonds is 5. The van der Waals surface area contributed by atoms with Crippen LogP contribution in [0.25, 0.3) is 0 Å². The van der Waals surface area contributed by atoms with Crippen molar-refractivity contribution in [3.8, 4) is 0 Å². The van der Waals surface area contributed by atoms with E-state index < -0.39 is 10.0 Å². The lowest BCUT2D eigenvalue weighted by Gasteiger charge is -2.19. The van der Waals surface area contributed by atoms with Crippen LogP contribution in [0.5, 0.6) is 0 Å². The number of thiocarbonyl (C=S) groups is 1. The molecule has 0 unspecified atom stereocenters. The third-order valence-electron chi connectivity index (χ3n) is 3.08. The molecular formula is C15H16N2O2S2. The predicted molar refractivity (Wildman–Crippen MR) is 89.0 cm³/mol. The highest BCUT2D eigenvalue weighted by Gasteiger charge is 2.20. The topological polar surface area (TPSA) is 63.4 Å². The first kappa shape index (κ1) is 15.5. The minimum Gasteiger partial charge on any atom is -0.393 e. The molecule has 2 N–H and O–H groups in total. The van der Waals surface area contributed by atoms with Gasteiger partial charge >= 0.3 is 0 Å². The molecule has 0 aliphatic heterocycles. The Morgan fingerprint density at radius 3 is 2.19 bits per heavy atom. The first-order valence-electron chi connectivity index (χ1n) is 6.32. The molecule has 0 saturated carbocycles. The van der Waals surface area contributed by atoms with E-state index in [-0.39, 0.29) is 4.90 Å². The van der Waals surface area contributed by atoms with Crippen LogP contribution < -0.4 is 10.0 Å². The smallest absolute Gasteiger partial charge is 0.264 e. The Morgan fingerprint density at radius 2 is 1.67 bits per heavy atom. The largest absolute Gasteiger partial charge is 0.393 e. The van der Waals surface area contributed by atoms with Gasteiger partial charge in [-0.2, -0.15) is 0 Å². The Hall–Kier alpha value is -1.92. The molecule has 0 aliphatic rings. The van der Waals surface area contributed by atoms with E-state index in [0.29, 0.717) is 17.1 Å². The number of hydrogen-bond acceptors (Lipinski definition) is 3. The first-order chi connectivity index (χ1) is 9.91. The van der Waals surface area contributed by atoms with E-state index in [4.69, 9.17) is 18.0 Å². The second-order valence-electron chi connectivity index (χ2n) is 4.60. The van der Waals surface area contributed by atoms with Crippen molar-refractivity contribution in [1.29, 1.82) is 0 Å². The van der Waals surface area contributed by atoms with Crippen molar-refractivity contribution in [2.24, 2.45) is 5.73 Å². The van der Waals surface area contributed by atoms with Gasteiger partial charge in [0.05, 0.1) is 15.6 Å². The van der Waals surface area contributed by atoms with Crippen molar-refractivity contribution in [2.45, 2.75) is 11.3 Å². The molecule has 0 atom stereocenters. The van der Waals surface area contributed by atoms with Crippen LogP contribution in [0.3, 0.4) is 0 Å². The van der Waals surface area contributed by atoms with E-state index in [0.717, 1.165) is 5.56 Å². The van der Waals surface area contributed by atoms with Crippen molar-refractivity contribution in [3.05, 3.63) is 60.2 Å². The monoisotopic (exact) mass is 320 g/mol. The molecule has 0 amide bonds. The van der Waals surface area contributed by atoms with E-state index in [2.05, 4.69) is 0 Å². The van der Waals surface area contributed by atoms with E-state index >= 15 is 0 Å². The number of para-hydroxylation sites is 1. The Labute approximate surface area is 130 Å². The minimum atomic E-state index is -3.57. The third-order valence-corrected chi connectivity index (χ3v) is 5.02. The molecule has 0 fully saturated rings. The maximum absolute atomic E-state index is 12.5. The van der Waals surface area contributed by atoms with Gasteiger partial charge in [-0.25, -0.2) is 8.42 Å². The lowest BCUT2D eigenvalue weighted by molar-refractivity contribution is 0.594. The second kappa shape index (κ2) is 6.24. The molecule has 4 nitrogen and oxygen atoms in total. The van der Waals surface area contributed by atoms with Crippen LogP contribution in [0, 0.1) is 0 Å². The van der Waals surface area contributed by atoms with E-state index in [1.165, 1.54) is 11.4 Å². The quantitative estimate of drug-likeness (QED) is 0.859. The first-order valence-corrected chi connectivity index (χ1v) is 8.17. The van der Waals surface area contributed by atoms with Gasteiger partial charge in [-0.15, -0.1) is 0 Å². The number of sulfonamides is 1. The number of nitrogens with zero attached hydrogens (tertiary/aromatic N) is 1. The van der Waals surface area contributed by atoms with Crippen LogP contribution in [0.4, 0.5) is 5.69 Å². The molecule has 21 heavy (non-hydrogen) atoms. The molecular weight excluding hydrogens is 304 g/mol. The minimum absolute atomic E-state index is 0.237. The highest BCUT2D eigenvalue weighted by atomic mass is 32.2. The molecule has 0 saturated heterocycles. The Bertz CT molecular complexity index is 726. The van der Waals surface area contributed by atoms with Gasteiger partial charge in [0.15, 0.2) is 0 Å². The Kier molecular flexibility index (Phi) is 4.59. The van der Waals surface area contributed by atoms with Gasteiger partial charge in [-0.1, -0.05) is 42.5 Å². The summed E-state index contributed by atoms with van der Waals surface area (Å²) >= 11 is 4.84. The van der Waals surface area contributed by atoms with Crippen LogP contribution in [0.2, 0.25) is 0 Å². The number of hydrogen-bond donors (Lipinski definition) is 1. The van der Waals surface area contributed by atoms with Crippen molar-refractivity contribution >= 4 is 32.9 Å².